The number of pyridine rings is 1. The molecule has 0 fully saturated rings. The number of para-hydroxylation sites is 1. The number of hydrogen-bond donors (Lipinski definition) is 1. The number of hydrogen-bond acceptors (Lipinski definition) is 7. The van der Waals surface area contributed by atoms with Crippen molar-refractivity contribution >= 4 is 28.7 Å². The quantitative estimate of drug-likeness (QED) is 0.138. The van der Waals surface area contributed by atoms with Crippen molar-refractivity contribution in [2.75, 3.05) is 7.11 Å². The minimum atomic E-state index is -0.447. The van der Waals surface area contributed by atoms with Crippen molar-refractivity contribution in [3.8, 4) is 22.8 Å². The molecule has 0 saturated heterocycles. The molecule has 0 atom stereocenters. The minimum Gasteiger partial charge on any atom is -0.493 e. The Balaban J connectivity index is 1.29. The first-order valence-electron chi connectivity index (χ1n) is 12.3. The van der Waals surface area contributed by atoms with Crippen LogP contribution in [-0.4, -0.2) is 29.1 Å². The van der Waals surface area contributed by atoms with Gasteiger partial charge in [0.15, 0.2) is 11.5 Å². The van der Waals surface area contributed by atoms with E-state index in [-0.39, 0.29) is 18.2 Å². The average Bonchev–Trinajstić information content (AvgIpc) is 3.00. The Morgan fingerprint density at radius 3 is 2.45 bits per heavy atom. The zero-order valence-electron chi connectivity index (χ0n) is 21.5. The highest BCUT2D eigenvalue weighted by Crippen LogP contribution is 2.29. The van der Waals surface area contributed by atoms with Crippen LogP contribution in [0.4, 0.5) is 5.69 Å². The molecule has 0 unspecified atom stereocenters. The molecule has 1 N–H and O–H groups in total. The van der Waals surface area contributed by atoms with E-state index < -0.39 is 4.92 Å². The third kappa shape index (κ3) is 5.94. The highest BCUT2D eigenvalue weighted by Gasteiger charge is 2.14. The van der Waals surface area contributed by atoms with Crippen molar-refractivity contribution in [3.63, 3.8) is 0 Å². The minimum absolute atomic E-state index is 0.0193. The van der Waals surface area contributed by atoms with E-state index in [4.69, 9.17) is 14.5 Å². The van der Waals surface area contributed by atoms with Crippen LogP contribution in [0.2, 0.25) is 0 Å². The SMILES string of the molecule is COc1cc(/C=N/NC(=O)c2cc(-c3ccccc3)nc3ccccc23)ccc1OCc1ccc([N+](=O)[O-])cc1. The Hall–Kier alpha value is -5.57. The molecule has 1 heterocycles. The van der Waals surface area contributed by atoms with E-state index in [1.807, 2.05) is 54.6 Å². The zero-order valence-corrected chi connectivity index (χ0v) is 21.5. The average molecular weight is 533 g/mol. The molecule has 0 aliphatic carbocycles. The normalized spacial score (nSPS) is 10.9. The van der Waals surface area contributed by atoms with E-state index in [0.717, 1.165) is 16.5 Å². The summed E-state index contributed by atoms with van der Waals surface area (Å²) in [5.74, 6) is 0.616. The number of rotatable bonds is 9. The number of nitrogens with zero attached hydrogens (tertiary/aromatic N) is 3. The lowest BCUT2D eigenvalue weighted by molar-refractivity contribution is -0.384. The summed E-state index contributed by atoms with van der Waals surface area (Å²) in [5, 5.41) is 15.7. The van der Waals surface area contributed by atoms with Crippen molar-refractivity contribution in [1.29, 1.82) is 0 Å². The van der Waals surface area contributed by atoms with E-state index in [9.17, 15) is 14.9 Å². The predicted molar refractivity (Wildman–Crippen MR) is 153 cm³/mol. The van der Waals surface area contributed by atoms with E-state index in [1.54, 1.807) is 36.4 Å². The van der Waals surface area contributed by atoms with Gasteiger partial charge in [-0.2, -0.15) is 5.10 Å². The van der Waals surface area contributed by atoms with Crippen molar-refractivity contribution in [2.24, 2.45) is 5.10 Å². The van der Waals surface area contributed by atoms with Gasteiger partial charge >= 0.3 is 0 Å². The summed E-state index contributed by atoms with van der Waals surface area (Å²) in [5.41, 5.74) is 6.88. The van der Waals surface area contributed by atoms with Crippen LogP contribution >= 0.6 is 0 Å². The number of nitro benzene ring substituents is 1. The maximum absolute atomic E-state index is 13.2. The van der Waals surface area contributed by atoms with Gasteiger partial charge in [0.1, 0.15) is 6.61 Å². The van der Waals surface area contributed by atoms with E-state index in [1.165, 1.54) is 25.5 Å². The van der Waals surface area contributed by atoms with Gasteiger partial charge in [0.2, 0.25) is 0 Å². The number of carbonyl (C=O) groups excluding carboxylic acids is 1. The lowest BCUT2D eigenvalue weighted by Crippen LogP contribution is -2.18. The first-order valence-corrected chi connectivity index (χ1v) is 12.3. The van der Waals surface area contributed by atoms with Gasteiger partial charge in [0.05, 0.1) is 35.0 Å². The van der Waals surface area contributed by atoms with Crippen molar-refractivity contribution in [3.05, 3.63) is 130 Å². The summed E-state index contributed by atoms with van der Waals surface area (Å²) in [4.78, 5) is 28.3. The van der Waals surface area contributed by atoms with Gasteiger partial charge in [0.25, 0.3) is 11.6 Å². The third-order valence-corrected chi connectivity index (χ3v) is 6.14. The summed E-state index contributed by atoms with van der Waals surface area (Å²) in [6.45, 7) is 0.211. The Morgan fingerprint density at radius 2 is 1.70 bits per heavy atom. The zero-order chi connectivity index (χ0) is 27.9. The van der Waals surface area contributed by atoms with Gasteiger partial charge in [-0.05, 0) is 53.6 Å². The smallest absolute Gasteiger partial charge is 0.272 e. The van der Waals surface area contributed by atoms with Crippen LogP contribution < -0.4 is 14.9 Å². The number of hydrazone groups is 1. The van der Waals surface area contributed by atoms with Crippen LogP contribution in [0.1, 0.15) is 21.5 Å². The summed E-state index contributed by atoms with van der Waals surface area (Å²) in [6.07, 6.45) is 1.52. The van der Waals surface area contributed by atoms with Gasteiger partial charge in [-0.3, -0.25) is 14.9 Å². The van der Waals surface area contributed by atoms with Gasteiger partial charge in [-0.15, -0.1) is 0 Å². The molecule has 0 aliphatic rings. The van der Waals surface area contributed by atoms with Crippen molar-refractivity contribution in [1.82, 2.24) is 10.4 Å². The monoisotopic (exact) mass is 532 g/mol. The Kier molecular flexibility index (Phi) is 7.73. The number of nitro groups is 1. The van der Waals surface area contributed by atoms with Crippen LogP contribution in [0.15, 0.2) is 108 Å². The number of carbonyl (C=O) groups is 1. The standard InChI is InChI=1S/C31H24N4O5/c1-39-30-17-22(13-16-29(30)40-20-21-11-14-24(15-12-21)35(37)38)19-32-34-31(36)26-18-28(23-7-3-2-4-8-23)33-27-10-6-5-9-25(26)27/h2-19H,20H2,1H3,(H,34,36)/b32-19+. The second-order valence-electron chi connectivity index (χ2n) is 8.76. The fourth-order valence-corrected chi connectivity index (χ4v) is 4.10. The summed E-state index contributed by atoms with van der Waals surface area (Å²) >= 11 is 0. The lowest BCUT2D eigenvalue weighted by Gasteiger charge is -2.11. The molecule has 4 aromatic carbocycles. The van der Waals surface area contributed by atoms with E-state index in [0.29, 0.717) is 33.8 Å². The molecular formula is C31H24N4O5. The molecular weight excluding hydrogens is 508 g/mol. The van der Waals surface area contributed by atoms with Gasteiger partial charge < -0.3 is 9.47 Å². The summed E-state index contributed by atoms with van der Waals surface area (Å²) in [6, 6.07) is 30.3. The number of nitrogens with one attached hydrogen (secondary N) is 1. The number of aromatic nitrogens is 1. The maximum Gasteiger partial charge on any atom is 0.272 e. The molecule has 1 amide bonds. The fourth-order valence-electron chi connectivity index (χ4n) is 4.10. The van der Waals surface area contributed by atoms with E-state index in [2.05, 4.69) is 10.5 Å². The number of fused-ring (bicyclic) bond motifs is 1. The summed E-state index contributed by atoms with van der Waals surface area (Å²) < 4.78 is 11.3. The predicted octanol–water partition coefficient (Wildman–Crippen LogP) is 6.16. The highest BCUT2D eigenvalue weighted by molar-refractivity contribution is 6.07. The number of methoxy groups -OCH3 is 1. The molecule has 0 radical (unpaired) electrons. The Morgan fingerprint density at radius 1 is 0.950 bits per heavy atom. The largest absolute Gasteiger partial charge is 0.493 e. The van der Waals surface area contributed by atoms with Crippen LogP contribution in [-0.2, 0) is 6.61 Å². The Bertz CT molecular complexity index is 1700. The van der Waals surface area contributed by atoms with Crippen molar-refractivity contribution in [2.45, 2.75) is 6.61 Å². The number of non-ortho nitro benzene ring substituents is 1. The molecule has 0 spiro atoms. The van der Waals surface area contributed by atoms with Gasteiger partial charge in [-0.1, -0.05) is 48.5 Å². The van der Waals surface area contributed by atoms with E-state index >= 15 is 0 Å². The molecule has 9 nitrogen and oxygen atoms in total. The second kappa shape index (κ2) is 11.9. The number of ether oxygens (including phenoxy) is 2. The van der Waals surface area contributed by atoms with Gasteiger partial charge in [-0.25, -0.2) is 10.4 Å². The molecule has 40 heavy (non-hydrogen) atoms. The topological polar surface area (TPSA) is 116 Å². The van der Waals surface area contributed by atoms with Crippen LogP contribution in [0.25, 0.3) is 22.2 Å². The molecule has 5 rings (SSSR count). The molecule has 0 aliphatic heterocycles. The third-order valence-electron chi connectivity index (χ3n) is 6.14. The summed E-state index contributed by atoms with van der Waals surface area (Å²) in [7, 11) is 1.52. The van der Waals surface area contributed by atoms with Gasteiger partial charge in [0, 0.05) is 23.1 Å². The molecule has 0 saturated carbocycles. The Labute approximate surface area is 229 Å². The fraction of sp³-hybridized carbons (Fsp3) is 0.0645. The first-order chi connectivity index (χ1) is 19.5. The maximum atomic E-state index is 13.2. The van der Waals surface area contributed by atoms with Crippen LogP contribution in [0.3, 0.4) is 0 Å². The number of benzene rings is 4. The van der Waals surface area contributed by atoms with Crippen LogP contribution in [0.5, 0.6) is 11.5 Å². The number of amides is 1. The first kappa shape index (κ1) is 26.1. The molecule has 5 aromatic rings. The van der Waals surface area contributed by atoms with Crippen molar-refractivity contribution < 1.29 is 19.2 Å². The lowest BCUT2D eigenvalue weighted by atomic mass is 10.0. The molecule has 0 bridgehead atoms. The van der Waals surface area contributed by atoms with Crippen LogP contribution in [0, 0.1) is 10.1 Å². The second-order valence-corrected chi connectivity index (χ2v) is 8.76. The molecule has 9 heteroatoms. The molecule has 1 aromatic heterocycles. The molecule has 198 valence electrons. The highest BCUT2D eigenvalue weighted by atomic mass is 16.6.